The van der Waals surface area contributed by atoms with E-state index in [4.69, 9.17) is 9.15 Å². The van der Waals surface area contributed by atoms with E-state index >= 15 is 4.39 Å². The van der Waals surface area contributed by atoms with Crippen LogP contribution in [0.25, 0.3) is 16.7 Å². The molecule has 2 saturated carbocycles. The number of ether oxygens (including phenoxy) is 1. The van der Waals surface area contributed by atoms with Gasteiger partial charge in [-0.2, -0.15) is 0 Å². The van der Waals surface area contributed by atoms with Crippen LogP contribution in [0.3, 0.4) is 0 Å². The SMILES string of the molecule is CN(C)[C@H]1C[C@@]23CC[C@]4(O2)C2CC=C(c5ccc6ocnc6c5)[C@@]2(C)CCC4(F)C=C3[C@@H](O)[C@@H]1O. The Balaban J connectivity index is 1.31. The lowest BCUT2D eigenvalue weighted by atomic mass is 9.53. The molecule has 1 saturated heterocycles. The predicted octanol–water partition coefficient (Wildman–Crippen LogP) is 4.02. The molecular formula is C28H33FN2O4. The minimum Gasteiger partial charge on any atom is -0.443 e. The number of nitrogens with zero attached hydrogens (tertiary/aromatic N) is 2. The van der Waals surface area contributed by atoms with Crippen LogP contribution in [-0.2, 0) is 4.74 Å². The highest BCUT2D eigenvalue weighted by Gasteiger charge is 2.74. The molecule has 3 fully saturated rings. The number of hydrogen-bond donors (Lipinski definition) is 2. The van der Waals surface area contributed by atoms with Crippen molar-refractivity contribution in [2.24, 2.45) is 11.3 Å². The highest BCUT2D eigenvalue weighted by atomic mass is 19.1. The van der Waals surface area contributed by atoms with Crippen molar-refractivity contribution in [3.05, 3.63) is 47.9 Å². The summed E-state index contributed by atoms with van der Waals surface area (Å²) in [5.41, 5.74) is 0.979. The van der Waals surface area contributed by atoms with Gasteiger partial charge in [-0.05, 0) is 93.0 Å². The summed E-state index contributed by atoms with van der Waals surface area (Å²) in [7, 11) is 3.82. The third-order valence-electron chi connectivity index (χ3n) is 10.3. The zero-order chi connectivity index (χ0) is 24.4. The Morgan fingerprint density at radius 1 is 1.14 bits per heavy atom. The number of oxazole rings is 1. The molecule has 3 aliphatic carbocycles. The molecule has 3 heterocycles. The van der Waals surface area contributed by atoms with Gasteiger partial charge in [-0.25, -0.2) is 9.37 Å². The summed E-state index contributed by atoms with van der Waals surface area (Å²) in [5, 5.41) is 21.9. The van der Waals surface area contributed by atoms with Crippen LogP contribution in [0.15, 0.2) is 46.7 Å². The summed E-state index contributed by atoms with van der Waals surface area (Å²) in [6.07, 6.45) is 7.01. The topological polar surface area (TPSA) is 79.0 Å². The first-order chi connectivity index (χ1) is 16.6. The van der Waals surface area contributed by atoms with Crippen molar-refractivity contribution >= 4 is 16.7 Å². The molecule has 2 spiro atoms. The Morgan fingerprint density at radius 2 is 1.97 bits per heavy atom. The predicted molar refractivity (Wildman–Crippen MR) is 129 cm³/mol. The average molecular weight is 481 g/mol. The molecule has 2 unspecified atom stereocenters. The van der Waals surface area contributed by atoms with Gasteiger partial charge in [-0.3, -0.25) is 0 Å². The molecule has 5 aliphatic rings. The van der Waals surface area contributed by atoms with Gasteiger partial charge < -0.3 is 24.3 Å². The van der Waals surface area contributed by atoms with Crippen molar-refractivity contribution in [2.45, 2.75) is 80.6 Å². The fourth-order valence-corrected chi connectivity index (χ4v) is 8.46. The fraction of sp³-hybridized carbons (Fsp3) is 0.607. The number of hydrogen-bond acceptors (Lipinski definition) is 6. The van der Waals surface area contributed by atoms with Gasteiger partial charge in [0.15, 0.2) is 17.6 Å². The molecule has 1 aromatic carbocycles. The number of aromatic nitrogens is 1. The van der Waals surface area contributed by atoms with E-state index < -0.39 is 29.1 Å². The number of alkyl halides is 1. The number of aliphatic hydroxyl groups is 2. The Kier molecular flexibility index (Phi) is 4.32. The maximum atomic E-state index is 17.1. The van der Waals surface area contributed by atoms with E-state index in [2.05, 4.69) is 30.1 Å². The molecule has 6 nitrogen and oxygen atoms in total. The van der Waals surface area contributed by atoms with Gasteiger partial charge in [0.1, 0.15) is 17.2 Å². The molecule has 7 rings (SSSR count). The second-order valence-corrected chi connectivity index (χ2v) is 12.0. The standard InChI is InChI=1S/C28H33FN2O4/c1-25-8-10-27(29)13-18-23(32)24(33)20(31(2)3)14-26(18)9-11-28(27,35-26)22(25)7-5-17(25)16-4-6-21-19(12-16)30-15-34-21/h4-6,12-13,15,20,22-24,32-33H,7-11,14H2,1-3H3/t20-,22?,23+,24+,25+,26+,27?,28-/m0/s1. The number of allylic oxidation sites excluding steroid dienone is 2. The van der Waals surface area contributed by atoms with E-state index in [9.17, 15) is 10.2 Å². The van der Waals surface area contributed by atoms with Gasteiger partial charge in [0, 0.05) is 12.0 Å². The molecular weight excluding hydrogens is 447 g/mol. The first-order valence-corrected chi connectivity index (χ1v) is 12.8. The third-order valence-corrected chi connectivity index (χ3v) is 10.3. The largest absolute Gasteiger partial charge is 0.443 e. The second-order valence-electron chi connectivity index (χ2n) is 12.0. The number of aliphatic hydroxyl groups excluding tert-OH is 2. The van der Waals surface area contributed by atoms with Crippen LogP contribution in [0.5, 0.6) is 0 Å². The second kappa shape index (κ2) is 6.82. The Hall–Kier alpha value is -2.06. The quantitative estimate of drug-likeness (QED) is 0.632. The number of likely N-dealkylation sites (N-methyl/N-ethyl adjacent to an activating group) is 1. The molecule has 2 N–H and O–H groups in total. The third kappa shape index (κ3) is 2.60. The van der Waals surface area contributed by atoms with Crippen LogP contribution in [-0.4, -0.2) is 69.3 Å². The van der Waals surface area contributed by atoms with Crippen molar-refractivity contribution in [1.29, 1.82) is 0 Å². The Morgan fingerprint density at radius 3 is 2.77 bits per heavy atom. The van der Waals surface area contributed by atoms with E-state index in [1.807, 2.05) is 25.1 Å². The summed E-state index contributed by atoms with van der Waals surface area (Å²) < 4.78 is 29.5. The zero-order valence-corrected chi connectivity index (χ0v) is 20.5. The van der Waals surface area contributed by atoms with Crippen molar-refractivity contribution in [3.63, 3.8) is 0 Å². The lowest BCUT2D eigenvalue weighted by Gasteiger charge is -2.60. The first-order valence-electron chi connectivity index (χ1n) is 12.8. The minimum atomic E-state index is -1.66. The van der Waals surface area contributed by atoms with Crippen LogP contribution in [0.1, 0.15) is 51.0 Å². The summed E-state index contributed by atoms with van der Waals surface area (Å²) in [4.78, 5) is 6.28. The van der Waals surface area contributed by atoms with Gasteiger partial charge in [-0.1, -0.05) is 19.1 Å². The lowest BCUT2D eigenvalue weighted by Crippen LogP contribution is -2.68. The summed E-state index contributed by atoms with van der Waals surface area (Å²) in [6, 6.07) is 5.87. The van der Waals surface area contributed by atoms with E-state index in [0.717, 1.165) is 23.1 Å². The van der Waals surface area contributed by atoms with Gasteiger partial charge in [-0.15, -0.1) is 0 Å². The van der Waals surface area contributed by atoms with Crippen LogP contribution in [0.4, 0.5) is 4.39 Å². The van der Waals surface area contributed by atoms with Gasteiger partial charge in [0.25, 0.3) is 0 Å². The molecule has 7 heteroatoms. The average Bonchev–Trinajstić information content (AvgIpc) is 3.52. The van der Waals surface area contributed by atoms with E-state index in [0.29, 0.717) is 37.7 Å². The smallest absolute Gasteiger partial charge is 0.181 e. The van der Waals surface area contributed by atoms with Crippen molar-refractivity contribution in [3.8, 4) is 0 Å². The van der Waals surface area contributed by atoms with E-state index in [1.54, 1.807) is 6.08 Å². The molecule has 0 radical (unpaired) electrons. The summed E-state index contributed by atoms with van der Waals surface area (Å²) in [6.45, 7) is 2.27. The van der Waals surface area contributed by atoms with Crippen LogP contribution >= 0.6 is 0 Å². The molecule has 186 valence electrons. The molecule has 0 amide bonds. The Bertz CT molecular complexity index is 1290. The number of halogens is 1. The summed E-state index contributed by atoms with van der Waals surface area (Å²) >= 11 is 0. The zero-order valence-electron chi connectivity index (χ0n) is 20.5. The molecule has 2 bridgehead atoms. The number of rotatable bonds is 2. The Labute approximate surface area is 204 Å². The van der Waals surface area contributed by atoms with E-state index in [1.165, 1.54) is 12.0 Å². The minimum absolute atomic E-state index is 0.00395. The lowest BCUT2D eigenvalue weighted by molar-refractivity contribution is -0.239. The van der Waals surface area contributed by atoms with Crippen molar-refractivity contribution < 1.29 is 23.8 Å². The van der Waals surface area contributed by atoms with E-state index in [-0.39, 0.29) is 17.4 Å². The monoisotopic (exact) mass is 480 g/mol. The molecule has 35 heavy (non-hydrogen) atoms. The molecule has 2 aromatic rings. The van der Waals surface area contributed by atoms with Crippen LogP contribution in [0, 0.1) is 11.3 Å². The molecule has 2 aliphatic heterocycles. The van der Waals surface area contributed by atoms with Gasteiger partial charge in [0.05, 0.1) is 11.7 Å². The van der Waals surface area contributed by atoms with Gasteiger partial charge in [0.2, 0.25) is 0 Å². The fourth-order valence-electron chi connectivity index (χ4n) is 8.46. The molecule has 8 atom stereocenters. The summed E-state index contributed by atoms with van der Waals surface area (Å²) in [5.74, 6) is -0.00395. The highest BCUT2D eigenvalue weighted by molar-refractivity contribution is 5.82. The van der Waals surface area contributed by atoms with Crippen LogP contribution in [0.2, 0.25) is 0 Å². The van der Waals surface area contributed by atoms with Crippen molar-refractivity contribution in [1.82, 2.24) is 9.88 Å². The van der Waals surface area contributed by atoms with Crippen molar-refractivity contribution in [2.75, 3.05) is 14.1 Å². The maximum Gasteiger partial charge on any atom is 0.181 e. The number of fused-ring (bicyclic) bond motifs is 2. The number of benzene rings is 1. The van der Waals surface area contributed by atoms with Crippen LogP contribution < -0.4 is 0 Å². The normalized spacial score (nSPS) is 46.3. The molecule has 1 aromatic heterocycles. The highest BCUT2D eigenvalue weighted by Crippen LogP contribution is 2.71. The maximum absolute atomic E-state index is 17.1. The first kappa shape index (κ1) is 22.2. The van der Waals surface area contributed by atoms with Gasteiger partial charge >= 0.3 is 0 Å².